The third-order valence-corrected chi connectivity index (χ3v) is 4.80. The SMILES string of the molecule is C=C/C=C(/CCc1ccc2nc(N(C)CC(=O)O)cc(-c3ccncc3)c2c1)N=C. The summed E-state index contributed by atoms with van der Waals surface area (Å²) in [5.74, 6) is -0.295. The summed E-state index contributed by atoms with van der Waals surface area (Å²) in [6.45, 7) is 7.20. The number of fused-ring (bicyclic) bond motifs is 1. The summed E-state index contributed by atoms with van der Waals surface area (Å²) in [6.07, 6.45) is 8.64. The Morgan fingerprint density at radius 1 is 1.23 bits per heavy atom. The number of aliphatic carboxylic acids is 1. The first-order valence-corrected chi connectivity index (χ1v) is 9.57. The second-order valence-electron chi connectivity index (χ2n) is 6.92. The van der Waals surface area contributed by atoms with Crippen molar-refractivity contribution in [3.05, 3.63) is 78.8 Å². The van der Waals surface area contributed by atoms with Gasteiger partial charge in [-0.15, -0.1) is 0 Å². The van der Waals surface area contributed by atoms with E-state index in [1.54, 1.807) is 30.4 Å². The fraction of sp³-hybridized carbons (Fsp3) is 0.167. The average Bonchev–Trinajstić information content (AvgIpc) is 2.75. The maximum absolute atomic E-state index is 11.1. The van der Waals surface area contributed by atoms with Crippen molar-refractivity contribution >= 4 is 29.4 Å². The normalized spacial score (nSPS) is 11.3. The Hall–Kier alpha value is -3.80. The summed E-state index contributed by atoms with van der Waals surface area (Å²) in [7, 11) is 1.72. The van der Waals surface area contributed by atoms with Gasteiger partial charge in [0.25, 0.3) is 0 Å². The van der Waals surface area contributed by atoms with Crippen LogP contribution in [-0.2, 0) is 11.2 Å². The highest BCUT2D eigenvalue weighted by Crippen LogP contribution is 2.32. The monoisotopic (exact) mass is 400 g/mol. The van der Waals surface area contributed by atoms with E-state index in [0.717, 1.165) is 46.1 Å². The molecule has 0 fully saturated rings. The molecule has 2 aromatic heterocycles. The summed E-state index contributed by atoms with van der Waals surface area (Å²) in [5, 5.41) is 10.1. The van der Waals surface area contributed by atoms with E-state index in [2.05, 4.69) is 29.3 Å². The van der Waals surface area contributed by atoms with Crippen molar-refractivity contribution in [2.45, 2.75) is 12.8 Å². The minimum atomic E-state index is -0.903. The van der Waals surface area contributed by atoms with Gasteiger partial charge in [0.1, 0.15) is 12.4 Å². The van der Waals surface area contributed by atoms with Gasteiger partial charge in [0.05, 0.1) is 5.52 Å². The zero-order valence-electron chi connectivity index (χ0n) is 17.0. The van der Waals surface area contributed by atoms with Gasteiger partial charge in [-0.05, 0) is 72.7 Å². The number of hydrogen-bond donors (Lipinski definition) is 1. The molecule has 2 heterocycles. The number of aliphatic imine (C=N–C) groups is 1. The zero-order valence-corrected chi connectivity index (χ0v) is 17.0. The predicted octanol–water partition coefficient (Wildman–Crippen LogP) is 4.52. The number of likely N-dealkylation sites (N-methyl/N-ethyl adjacent to an activating group) is 1. The van der Waals surface area contributed by atoms with Crippen LogP contribution < -0.4 is 4.90 Å². The van der Waals surface area contributed by atoms with Crippen LogP contribution >= 0.6 is 0 Å². The van der Waals surface area contributed by atoms with Gasteiger partial charge >= 0.3 is 5.97 Å². The largest absolute Gasteiger partial charge is 0.480 e. The molecule has 0 spiro atoms. The van der Waals surface area contributed by atoms with Crippen molar-refractivity contribution in [2.24, 2.45) is 4.99 Å². The quantitative estimate of drug-likeness (QED) is 0.422. The highest BCUT2D eigenvalue weighted by atomic mass is 16.4. The van der Waals surface area contributed by atoms with E-state index < -0.39 is 5.97 Å². The topological polar surface area (TPSA) is 78.7 Å². The average molecular weight is 400 g/mol. The molecule has 1 N–H and O–H groups in total. The van der Waals surface area contributed by atoms with Gasteiger partial charge in [-0.3, -0.25) is 14.8 Å². The van der Waals surface area contributed by atoms with E-state index in [1.807, 2.05) is 36.4 Å². The minimum absolute atomic E-state index is 0.126. The molecule has 0 aliphatic heterocycles. The van der Waals surface area contributed by atoms with Gasteiger partial charge < -0.3 is 10.0 Å². The first kappa shape index (κ1) is 20.9. The van der Waals surface area contributed by atoms with Gasteiger partial charge in [0, 0.05) is 30.5 Å². The molecule has 0 radical (unpaired) electrons. The van der Waals surface area contributed by atoms with Crippen LogP contribution in [-0.4, -0.2) is 41.4 Å². The van der Waals surface area contributed by atoms with Crippen LogP contribution in [0.15, 0.2) is 78.2 Å². The van der Waals surface area contributed by atoms with Crippen LogP contribution in [0.25, 0.3) is 22.0 Å². The van der Waals surface area contributed by atoms with E-state index in [1.165, 1.54) is 0 Å². The molecule has 0 unspecified atom stereocenters. The molecular weight excluding hydrogens is 376 g/mol. The molecule has 3 rings (SSSR count). The Kier molecular flexibility index (Phi) is 6.70. The van der Waals surface area contributed by atoms with Gasteiger partial charge in [-0.2, -0.15) is 0 Å². The van der Waals surface area contributed by atoms with Crippen molar-refractivity contribution in [3.63, 3.8) is 0 Å². The first-order chi connectivity index (χ1) is 14.5. The van der Waals surface area contributed by atoms with Gasteiger partial charge in [-0.25, -0.2) is 4.98 Å². The maximum atomic E-state index is 11.1. The molecule has 1 aromatic carbocycles. The summed E-state index contributed by atoms with van der Waals surface area (Å²) in [5.41, 5.74) is 4.84. The molecule has 6 nitrogen and oxygen atoms in total. The van der Waals surface area contributed by atoms with E-state index >= 15 is 0 Å². The molecular formula is C24H24N4O2. The maximum Gasteiger partial charge on any atom is 0.323 e. The second kappa shape index (κ2) is 9.60. The number of allylic oxidation sites excluding steroid dienone is 3. The smallest absolute Gasteiger partial charge is 0.323 e. The second-order valence-corrected chi connectivity index (χ2v) is 6.92. The Morgan fingerprint density at radius 3 is 2.67 bits per heavy atom. The van der Waals surface area contributed by atoms with Crippen molar-refractivity contribution < 1.29 is 9.90 Å². The Morgan fingerprint density at radius 2 is 2.00 bits per heavy atom. The lowest BCUT2D eigenvalue weighted by atomic mass is 9.98. The lowest BCUT2D eigenvalue weighted by Crippen LogP contribution is -2.26. The molecule has 3 aromatic rings. The fourth-order valence-electron chi connectivity index (χ4n) is 3.29. The molecule has 6 heteroatoms. The lowest BCUT2D eigenvalue weighted by Gasteiger charge is -2.18. The van der Waals surface area contributed by atoms with Crippen LogP contribution in [0.5, 0.6) is 0 Å². The van der Waals surface area contributed by atoms with Gasteiger partial charge in [0.15, 0.2) is 0 Å². The summed E-state index contributed by atoms with van der Waals surface area (Å²) < 4.78 is 0. The third kappa shape index (κ3) is 4.97. The Bertz CT molecular complexity index is 1110. The van der Waals surface area contributed by atoms with E-state index in [4.69, 9.17) is 10.1 Å². The van der Waals surface area contributed by atoms with Crippen LogP contribution in [0.4, 0.5) is 5.82 Å². The molecule has 30 heavy (non-hydrogen) atoms. The molecule has 0 bridgehead atoms. The lowest BCUT2D eigenvalue weighted by molar-refractivity contribution is -0.135. The van der Waals surface area contributed by atoms with Crippen molar-refractivity contribution in [1.82, 2.24) is 9.97 Å². The van der Waals surface area contributed by atoms with Crippen LogP contribution in [0.3, 0.4) is 0 Å². The van der Waals surface area contributed by atoms with Crippen LogP contribution in [0, 0.1) is 0 Å². The number of benzene rings is 1. The van der Waals surface area contributed by atoms with Crippen molar-refractivity contribution in [1.29, 1.82) is 0 Å². The van der Waals surface area contributed by atoms with Gasteiger partial charge in [0.2, 0.25) is 0 Å². The van der Waals surface area contributed by atoms with Crippen molar-refractivity contribution in [2.75, 3.05) is 18.5 Å². The van der Waals surface area contributed by atoms with Crippen LogP contribution in [0.2, 0.25) is 0 Å². The minimum Gasteiger partial charge on any atom is -0.480 e. The molecule has 0 amide bonds. The molecule has 0 aliphatic carbocycles. The number of nitrogens with zero attached hydrogens (tertiary/aromatic N) is 4. The highest BCUT2D eigenvalue weighted by molar-refractivity contribution is 5.96. The third-order valence-electron chi connectivity index (χ3n) is 4.80. The number of carboxylic acids is 1. The standard InChI is InChI=1S/C24H24N4O2/c1-4-5-19(25-2)8-6-17-7-9-22-21(14-17)20(18-10-12-26-13-11-18)15-23(27-22)28(3)16-24(29)30/h4-5,7,9-15H,1-2,6,8,16H2,3H3,(H,29,30)/b19-5-. The number of carboxylic acid groups (broad SMARTS) is 1. The number of aromatic nitrogens is 2. The molecule has 0 saturated heterocycles. The molecule has 0 saturated carbocycles. The highest BCUT2D eigenvalue weighted by Gasteiger charge is 2.13. The van der Waals surface area contributed by atoms with E-state index in [0.29, 0.717) is 5.82 Å². The fourth-order valence-corrected chi connectivity index (χ4v) is 3.29. The van der Waals surface area contributed by atoms with Crippen LogP contribution in [0.1, 0.15) is 12.0 Å². The number of aryl methyl sites for hydroxylation is 1. The number of hydrogen-bond acceptors (Lipinski definition) is 5. The van der Waals surface area contributed by atoms with Gasteiger partial charge in [-0.1, -0.05) is 18.7 Å². The number of carbonyl (C=O) groups is 1. The van der Waals surface area contributed by atoms with Crippen molar-refractivity contribution in [3.8, 4) is 11.1 Å². The summed E-state index contributed by atoms with van der Waals surface area (Å²) in [6, 6.07) is 12.0. The van der Waals surface area contributed by atoms with E-state index in [-0.39, 0.29) is 6.54 Å². The molecule has 0 aliphatic rings. The zero-order chi connectivity index (χ0) is 21.5. The summed E-state index contributed by atoms with van der Waals surface area (Å²) >= 11 is 0. The summed E-state index contributed by atoms with van der Waals surface area (Å²) in [4.78, 5) is 25.6. The molecule has 152 valence electrons. The first-order valence-electron chi connectivity index (χ1n) is 9.57. The van der Waals surface area contributed by atoms with E-state index in [9.17, 15) is 4.79 Å². The Balaban J connectivity index is 2.06. The number of rotatable bonds is 9. The Labute approximate surface area is 175 Å². The number of pyridine rings is 2. The number of anilines is 1. The predicted molar refractivity (Wildman–Crippen MR) is 122 cm³/mol. The molecule has 0 atom stereocenters.